The molecule has 0 spiro atoms. The minimum Gasteiger partial charge on any atom is -0.394 e. The summed E-state index contributed by atoms with van der Waals surface area (Å²) in [5, 5.41) is 19.2. The Hall–Kier alpha value is 0.670. The average molecular weight is 369 g/mol. The summed E-state index contributed by atoms with van der Waals surface area (Å²) in [5.74, 6) is -0.0366. The molecule has 1 saturated heterocycles. The maximum Gasteiger partial charge on any atom is 0.470 e. The second kappa shape index (κ2) is 9.39. The molecule has 23 heavy (non-hydrogen) atoms. The topological polar surface area (TPSA) is 177 Å². The number of aliphatic hydroxyl groups excluding tert-OH is 2. The molecule has 0 unspecified atom stereocenters. The Morgan fingerprint density at radius 2 is 2.04 bits per heavy atom. The smallest absolute Gasteiger partial charge is 0.394 e. The zero-order chi connectivity index (χ0) is 15.8. The van der Waals surface area contributed by atoms with Gasteiger partial charge in [0.1, 0.15) is 24.1 Å². The van der Waals surface area contributed by atoms with Gasteiger partial charge in [-0.05, 0) is 6.07 Å². The molecule has 0 aromatic carbocycles. The summed E-state index contributed by atoms with van der Waals surface area (Å²) in [5.41, 5.74) is 4.50. The Morgan fingerprint density at radius 3 is 2.52 bits per heavy atom. The molecule has 14 heteroatoms. The van der Waals surface area contributed by atoms with Crippen LogP contribution in [0.15, 0.2) is 17.1 Å². The molecule has 2 radical (unpaired) electrons. The van der Waals surface area contributed by atoms with Gasteiger partial charge in [0.15, 0.2) is 6.23 Å². The van der Waals surface area contributed by atoms with Gasteiger partial charge in [0.05, 0.1) is 6.61 Å². The Balaban J connectivity index is 0.00000242. The summed E-state index contributed by atoms with van der Waals surface area (Å²) in [7, 11) is -4.91. The molecule has 11 nitrogen and oxygen atoms in total. The fourth-order valence-corrected chi connectivity index (χ4v) is 2.58. The fraction of sp³-hybridized carbons (Fsp3) is 0.556. The molecule has 2 heterocycles. The van der Waals surface area contributed by atoms with Gasteiger partial charge >= 0.3 is 13.5 Å². The van der Waals surface area contributed by atoms with Crippen molar-refractivity contribution in [2.75, 3.05) is 12.3 Å². The number of rotatable bonds is 4. The quantitative estimate of drug-likeness (QED) is 0.268. The summed E-state index contributed by atoms with van der Waals surface area (Å²) in [6.07, 6.45) is -4.45. The Bertz CT molecular complexity index is 625. The van der Waals surface area contributed by atoms with Gasteiger partial charge in [0, 0.05) is 65.3 Å². The Labute approximate surface area is 174 Å². The Morgan fingerprint density at radius 1 is 1.43 bits per heavy atom. The van der Waals surface area contributed by atoms with Crippen molar-refractivity contribution < 1.29 is 33.8 Å². The van der Waals surface area contributed by atoms with E-state index in [9.17, 15) is 14.5 Å². The first kappa shape index (κ1) is 23.7. The third kappa shape index (κ3) is 5.86. The van der Waals surface area contributed by atoms with E-state index in [1.807, 2.05) is 0 Å². The molecule has 1 fully saturated rings. The summed E-state index contributed by atoms with van der Waals surface area (Å²) in [6.45, 7) is -0.671. The van der Waals surface area contributed by atoms with Crippen LogP contribution in [0.1, 0.15) is 6.23 Å². The molecule has 1 aliphatic rings. The third-order valence-electron chi connectivity index (χ3n) is 2.87. The van der Waals surface area contributed by atoms with Crippen LogP contribution in [0.2, 0.25) is 0 Å². The van der Waals surface area contributed by atoms with Gasteiger partial charge in [-0.2, -0.15) is 4.98 Å². The molecule has 0 bridgehead atoms. The second-order valence-corrected chi connectivity index (χ2v) is 5.53. The maximum absolute atomic E-state index is 11.7. The summed E-state index contributed by atoms with van der Waals surface area (Å²) >= 11 is 0. The van der Waals surface area contributed by atoms with Crippen molar-refractivity contribution >= 4 is 72.8 Å². The van der Waals surface area contributed by atoms with E-state index < -0.39 is 44.7 Å². The third-order valence-corrected chi connectivity index (χ3v) is 3.39. The van der Waals surface area contributed by atoms with Crippen molar-refractivity contribution in [3.8, 4) is 0 Å². The first-order valence-electron chi connectivity index (χ1n) is 5.76. The SMILES string of the molecule is Nc1ccn([C@@H]2O[C@H](CO)[C@@H](OP(=O)(O)O)[C@H]2O)c(=O)n1.[Na].[Na]. The minimum atomic E-state index is -4.91. The number of phosphoric acid groups is 1. The molecular weight excluding hydrogens is 355 g/mol. The number of anilines is 1. The number of ether oxygens (including phenoxy) is 1. The molecule has 120 valence electrons. The van der Waals surface area contributed by atoms with E-state index in [0.29, 0.717) is 0 Å². The van der Waals surface area contributed by atoms with E-state index >= 15 is 0 Å². The van der Waals surface area contributed by atoms with Gasteiger partial charge < -0.3 is 30.5 Å². The zero-order valence-corrected chi connectivity index (χ0v) is 17.4. The molecule has 0 saturated carbocycles. The predicted octanol–water partition coefficient (Wildman–Crippen LogP) is -3.21. The normalized spacial score (nSPS) is 27.1. The molecule has 1 aromatic heterocycles. The number of phosphoric ester groups is 1. The summed E-state index contributed by atoms with van der Waals surface area (Å²) < 4.78 is 21.4. The van der Waals surface area contributed by atoms with E-state index in [0.717, 1.165) is 4.57 Å². The molecule has 2 rings (SSSR count). The van der Waals surface area contributed by atoms with Crippen LogP contribution in [0.25, 0.3) is 0 Å². The zero-order valence-electron chi connectivity index (χ0n) is 12.5. The molecule has 0 aliphatic carbocycles. The molecule has 1 aromatic rings. The van der Waals surface area contributed by atoms with Crippen molar-refractivity contribution in [3.05, 3.63) is 22.7 Å². The van der Waals surface area contributed by atoms with Gasteiger partial charge in [0.25, 0.3) is 0 Å². The number of aliphatic hydroxyl groups is 2. The van der Waals surface area contributed by atoms with Crippen molar-refractivity contribution in [1.29, 1.82) is 0 Å². The maximum atomic E-state index is 11.7. The molecule has 4 atom stereocenters. The summed E-state index contributed by atoms with van der Waals surface area (Å²) in [4.78, 5) is 32.7. The first-order chi connectivity index (χ1) is 9.73. The number of nitrogen functional groups attached to an aromatic ring is 1. The number of nitrogens with two attached hydrogens (primary N) is 1. The molecule has 1 aliphatic heterocycles. The van der Waals surface area contributed by atoms with E-state index in [4.69, 9.17) is 25.4 Å². The summed E-state index contributed by atoms with van der Waals surface area (Å²) in [6, 6.07) is 1.28. The number of nitrogens with zero attached hydrogens (tertiary/aromatic N) is 2. The Kier molecular flexibility index (Phi) is 9.66. The molecule has 0 amide bonds. The fourth-order valence-electron chi connectivity index (χ4n) is 2.00. The molecular formula is C9H14N3Na2O8P. The van der Waals surface area contributed by atoms with Crippen molar-refractivity contribution in [2.45, 2.75) is 24.5 Å². The van der Waals surface area contributed by atoms with Crippen LogP contribution in [0.3, 0.4) is 0 Å². The van der Waals surface area contributed by atoms with Crippen LogP contribution in [-0.2, 0) is 13.8 Å². The van der Waals surface area contributed by atoms with Crippen LogP contribution in [0.4, 0.5) is 5.82 Å². The van der Waals surface area contributed by atoms with Crippen molar-refractivity contribution in [3.63, 3.8) is 0 Å². The van der Waals surface area contributed by atoms with Gasteiger partial charge in [0.2, 0.25) is 0 Å². The molecule has 6 N–H and O–H groups in total. The van der Waals surface area contributed by atoms with Gasteiger partial charge in [-0.15, -0.1) is 0 Å². The van der Waals surface area contributed by atoms with E-state index in [-0.39, 0.29) is 64.9 Å². The number of hydrogen-bond donors (Lipinski definition) is 5. The predicted molar refractivity (Wildman–Crippen MR) is 78.3 cm³/mol. The standard InChI is InChI=1S/C9H14N3O8P.2Na/c10-5-1-2-12(9(15)11-5)8-6(14)7(4(3-13)19-8)20-21(16,17)18;;/h1-2,4,6-8,13-14H,3H2,(H2,10,11,15)(H2,16,17,18);;/t4-,6-,7-,8-;;/m1../s1. The van der Waals surface area contributed by atoms with E-state index in [1.165, 1.54) is 12.3 Å². The first-order valence-corrected chi connectivity index (χ1v) is 7.29. The van der Waals surface area contributed by atoms with Gasteiger partial charge in [-0.3, -0.25) is 9.09 Å². The van der Waals surface area contributed by atoms with Gasteiger partial charge in [-0.1, -0.05) is 0 Å². The van der Waals surface area contributed by atoms with Crippen LogP contribution in [-0.4, -0.2) is 114 Å². The van der Waals surface area contributed by atoms with Crippen LogP contribution in [0.5, 0.6) is 0 Å². The van der Waals surface area contributed by atoms with Crippen LogP contribution < -0.4 is 11.4 Å². The van der Waals surface area contributed by atoms with E-state index in [1.54, 1.807) is 0 Å². The number of aromatic nitrogens is 2. The van der Waals surface area contributed by atoms with Crippen molar-refractivity contribution in [1.82, 2.24) is 9.55 Å². The van der Waals surface area contributed by atoms with E-state index in [2.05, 4.69) is 9.51 Å². The second-order valence-electron chi connectivity index (χ2n) is 4.34. The minimum absolute atomic E-state index is 0. The number of hydrogen-bond acceptors (Lipinski definition) is 8. The van der Waals surface area contributed by atoms with Gasteiger partial charge in [-0.25, -0.2) is 9.36 Å². The largest absolute Gasteiger partial charge is 0.470 e. The van der Waals surface area contributed by atoms with Crippen molar-refractivity contribution in [2.24, 2.45) is 0 Å². The van der Waals surface area contributed by atoms with Crippen LogP contribution in [0, 0.1) is 0 Å². The average Bonchev–Trinajstić information content (AvgIpc) is 2.65. The monoisotopic (exact) mass is 369 g/mol. The van der Waals surface area contributed by atoms with Crippen LogP contribution >= 0.6 is 7.82 Å².